The summed E-state index contributed by atoms with van der Waals surface area (Å²) in [5.41, 5.74) is 0. The van der Waals surface area contributed by atoms with Crippen LogP contribution >= 0.6 is 0 Å². The molecule has 0 bridgehead atoms. The minimum Gasteiger partial charge on any atom is -0.345 e. The van der Waals surface area contributed by atoms with E-state index < -0.39 is 11.9 Å². The van der Waals surface area contributed by atoms with Crippen LogP contribution in [0.3, 0.4) is 0 Å². The summed E-state index contributed by atoms with van der Waals surface area (Å²) in [7, 11) is 1.54. The Labute approximate surface area is 118 Å². The molecule has 0 aromatic heterocycles. The second-order valence-electron chi connectivity index (χ2n) is 5.40. The molecule has 1 N–H and O–H groups in total. The lowest BCUT2D eigenvalue weighted by atomic mass is 10.0. The van der Waals surface area contributed by atoms with E-state index in [1.165, 1.54) is 16.7 Å². The van der Waals surface area contributed by atoms with E-state index in [2.05, 4.69) is 5.32 Å². The fourth-order valence-corrected chi connectivity index (χ4v) is 2.04. The molecule has 1 heterocycles. The number of amides is 3. The number of ketones is 1. The quantitative estimate of drug-likeness (QED) is 0.702. The molecule has 1 unspecified atom stereocenters. The Morgan fingerprint density at radius 1 is 1.20 bits per heavy atom. The van der Waals surface area contributed by atoms with Gasteiger partial charge >= 0.3 is 0 Å². The minimum atomic E-state index is -0.569. The predicted octanol–water partition coefficient (Wildman–Crippen LogP) is -0.983. The summed E-state index contributed by atoms with van der Waals surface area (Å²) in [6.45, 7) is 4.75. The molecular formula is C13H21N3O4. The molecule has 1 fully saturated rings. The largest absolute Gasteiger partial charge is 0.345 e. The van der Waals surface area contributed by atoms with Gasteiger partial charge in [0.1, 0.15) is 13.1 Å². The van der Waals surface area contributed by atoms with Crippen molar-refractivity contribution in [3.05, 3.63) is 0 Å². The average molecular weight is 283 g/mol. The SMILES string of the molecule is CC(=O)C(NC(=O)CN1CC(=O)N(C)CC1=O)C(C)C. The maximum Gasteiger partial charge on any atom is 0.243 e. The van der Waals surface area contributed by atoms with E-state index in [9.17, 15) is 19.2 Å². The first-order valence-electron chi connectivity index (χ1n) is 6.54. The number of nitrogens with zero attached hydrogens (tertiary/aromatic N) is 2. The molecule has 7 nitrogen and oxygen atoms in total. The molecule has 1 saturated heterocycles. The zero-order valence-corrected chi connectivity index (χ0v) is 12.3. The van der Waals surface area contributed by atoms with Crippen molar-refractivity contribution in [2.24, 2.45) is 5.92 Å². The molecule has 7 heteroatoms. The topological polar surface area (TPSA) is 86.8 Å². The number of nitrogens with one attached hydrogen (secondary N) is 1. The van der Waals surface area contributed by atoms with Crippen LogP contribution in [0.5, 0.6) is 0 Å². The second-order valence-corrected chi connectivity index (χ2v) is 5.40. The van der Waals surface area contributed by atoms with Crippen molar-refractivity contribution in [1.82, 2.24) is 15.1 Å². The van der Waals surface area contributed by atoms with Crippen LogP contribution in [-0.2, 0) is 19.2 Å². The number of rotatable bonds is 5. The van der Waals surface area contributed by atoms with Gasteiger partial charge in [-0.05, 0) is 12.8 Å². The van der Waals surface area contributed by atoms with Gasteiger partial charge in [-0.1, -0.05) is 13.8 Å². The van der Waals surface area contributed by atoms with Crippen molar-refractivity contribution in [2.45, 2.75) is 26.8 Å². The van der Waals surface area contributed by atoms with E-state index in [-0.39, 0.29) is 43.1 Å². The van der Waals surface area contributed by atoms with Crippen LogP contribution in [-0.4, -0.2) is 66.0 Å². The summed E-state index contributed by atoms with van der Waals surface area (Å²) in [6.07, 6.45) is 0. The Morgan fingerprint density at radius 2 is 1.80 bits per heavy atom. The van der Waals surface area contributed by atoms with Gasteiger partial charge in [0.25, 0.3) is 0 Å². The fraction of sp³-hybridized carbons (Fsp3) is 0.692. The lowest BCUT2D eigenvalue weighted by Gasteiger charge is -2.31. The molecule has 1 aliphatic heterocycles. The molecular weight excluding hydrogens is 262 g/mol. The molecule has 0 aromatic rings. The summed E-state index contributed by atoms with van der Waals surface area (Å²) < 4.78 is 0. The van der Waals surface area contributed by atoms with Crippen LogP contribution in [0.25, 0.3) is 0 Å². The van der Waals surface area contributed by atoms with Gasteiger partial charge in [0.05, 0.1) is 12.6 Å². The van der Waals surface area contributed by atoms with Crippen LogP contribution in [0.4, 0.5) is 0 Å². The van der Waals surface area contributed by atoms with E-state index in [4.69, 9.17) is 0 Å². The van der Waals surface area contributed by atoms with E-state index in [1.807, 2.05) is 13.8 Å². The summed E-state index contributed by atoms with van der Waals surface area (Å²) in [6, 6.07) is -0.569. The number of carbonyl (C=O) groups is 4. The molecule has 112 valence electrons. The normalized spacial score (nSPS) is 17.4. The van der Waals surface area contributed by atoms with Crippen LogP contribution in [0.15, 0.2) is 0 Å². The third-order valence-electron chi connectivity index (χ3n) is 3.23. The van der Waals surface area contributed by atoms with Gasteiger partial charge in [-0.15, -0.1) is 0 Å². The van der Waals surface area contributed by atoms with Gasteiger partial charge in [0, 0.05) is 7.05 Å². The number of likely N-dealkylation sites (N-methyl/N-ethyl adjacent to an activating group) is 1. The number of hydrogen-bond acceptors (Lipinski definition) is 4. The molecule has 20 heavy (non-hydrogen) atoms. The smallest absolute Gasteiger partial charge is 0.243 e. The molecule has 3 amide bonds. The third kappa shape index (κ3) is 4.04. The standard InChI is InChI=1S/C13H21N3O4/c1-8(2)13(9(3)17)14-10(18)5-16-7-11(19)15(4)6-12(16)20/h8,13H,5-7H2,1-4H3,(H,14,18). The Morgan fingerprint density at radius 3 is 2.30 bits per heavy atom. The van der Waals surface area contributed by atoms with Crippen LogP contribution < -0.4 is 5.32 Å². The van der Waals surface area contributed by atoms with Gasteiger partial charge in [-0.3, -0.25) is 19.2 Å². The summed E-state index contributed by atoms with van der Waals surface area (Å²) >= 11 is 0. The first-order chi connectivity index (χ1) is 9.22. The first kappa shape index (κ1) is 16.1. The monoisotopic (exact) mass is 283 g/mol. The first-order valence-corrected chi connectivity index (χ1v) is 6.54. The second kappa shape index (κ2) is 6.49. The molecule has 0 aromatic carbocycles. The molecule has 0 spiro atoms. The van der Waals surface area contributed by atoms with Crippen molar-refractivity contribution in [3.63, 3.8) is 0 Å². The molecule has 0 radical (unpaired) electrons. The van der Waals surface area contributed by atoms with Crippen LogP contribution in [0.1, 0.15) is 20.8 Å². The van der Waals surface area contributed by atoms with Gasteiger partial charge < -0.3 is 15.1 Å². The summed E-state index contributed by atoms with van der Waals surface area (Å²) in [4.78, 5) is 49.1. The van der Waals surface area contributed by atoms with Crippen molar-refractivity contribution in [2.75, 3.05) is 26.7 Å². The molecule has 1 aliphatic rings. The maximum atomic E-state index is 11.9. The Kier molecular flexibility index (Phi) is 5.24. The molecule has 0 saturated carbocycles. The van der Waals surface area contributed by atoms with Crippen molar-refractivity contribution in [3.8, 4) is 0 Å². The van der Waals surface area contributed by atoms with E-state index >= 15 is 0 Å². The highest BCUT2D eigenvalue weighted by Crippen LogP contribution is 2.05. The number of Topliss-reactive ketones (excluding diaryl/α,β-unsaturated/α-hetero) is 1. The van der Waals surface area contributed by atoms with Crippen molar-refractivity contribution in [1.29, 1.82) is 0 Å². The Balaban J connectivity index is 2.60. The highest BCUT2D eigenvalue weighted by atomic mass is 16.2. The van der Waals surface area contributed by atoms with Gasteiger partial charge in [-0.25, -0.2) is 0 Å². The Bertz CT molecular complexity index is 433. The number of carbonyl (C=O) groups excluding carboxylic acids is 4. The van der Waals surface area contributed by atoms with Gasteiger partial charge in [-0.2, -0.15) is 0 Å². The van der Waals surface area contributed by atoms with Gasteiger partial charge in [0.15, 0.2) is 5.78 Å². The fourth-order valence-electron chi connectivity index (χ4n) is 2.04. The molecule has 0 aliphatic carbocycles. The van der Waals surface area contributed by atoms with E-state index in [0.29, 0.717) is 0 Å². The van der Waals surface area contributed by atoms with Gasteiger partial charge in [0.2, 0.25) is 17.7 Å². The Hall–Kier alpha value is -1.92. The average Bonchev–Trinajstić information content (AvgIpc) is 2.32. The summed E-state index contributed by atoms with van der Waals surface area (Å²) in [5.74, 6) is -1.06. The number of piperazine rings is 1. The third-order valence-corrected chi connectivity index (χ3v) is 3.23. The highest BCUT2D eigenvalue weighted by Gasteiger charge is 2.29. The highest BCUT2D eigenvalue weighted by molar-refractivity contribution is 5.95. The lowest BCUT2D eigenvalue weighted by molar-refractivity contribution is -0.150. The van der Waals surface area contributed by atoms with Crippen LogP contribution in [0, 0.1) is 5.92 Å². The zero-order valence-electron chi connectivity index (χ0n) is 12.3. The maximum absolute atomic E-state index is 11.9. The van der Waals surface area contributed by atoms with Crippen molar-refractivity contribution < 1.29 is 19.2 Å². The summed E-state index contributed by atoms with van der Waals surface area (Å²) in [5, 5.41) is 2.60. The van der Waals surface area contributed by atoms with Crippen molar-refractivity contribution >= 4 is 23.5 Å². The lowest BCUT2D eigenvalue weighted by Crippen LogP contribution is -2.55. The zero-order chi connectivity index (χ0) is 15.4. The predicted molar refractivity (Wildman–Crippen MR) is 71.7 cm³/mol. The molecule has 1 rings (SSSR count). The minimum absolute atomic E-state index is 0.0214. The molecule has 1 atom stereocenters. The van der Waals surface area contributed by atoms with E-state index in [0.717, 1.165) is 0 Å². The number of hydrogen-bond donors (Lipinski definition) is 1. The van der Waals surface area contributed by atoms with Crippen LogP contribution in [0.2, 0.25) is 0 Å². The van der Waals surface area contributed by atoms with E-state index in [1.54, 1.807) is 7.05 Å².